The van der Waals surface area contributed by atoms with Gasteiger partial charge in [0.15, 0.2) is 0 Å². The van der Waals surface area contributed by atoms with Crippen LogP contribution in [0.5, 0.6) is 0 Å². The molecule has 1 aromatic carbocycles. The number of amides is 1. The molecule has 0 aliphatic carbocycles. The Morgan fingerprint density at radius 3 is 2.92 bits per heavy atom. The molecule has 3 aromatic rings. The molecule has 1 aliphatic rings. The van der Waals surface area contributed by atoms with E-state index in [1.54, 1.807) is 6.20 Å². The van der Waals surface area contributed by atoms with Crippen molar-refractivity contribution >= 4 is 16.8 Å². The van der Waals surface area contributed by atoms with Crippen molar-refractivity contribution in [1.29, 1.82) is 0 Å². The number of piperazine rings is 1. The van der Waals surface area contributed by atoms with E-state index in [9.17, 15) is 4.79 Å². The third-order valence-electron chi connectivity index (χ3n) is 4.96. The second-order valence-corrected chi connectivity index (χ2v) is 6.82. The summed E-state index contributed by atoms with van der Waals surface area (Å²) in [6.07, 6.45) is 3.60. The van der Waals surface area contributed by atoms with Gasteiger partial charge in [0.1, 0.15) is 0 Å². The summed E-state index contributed by atoms with van der Waals surface area (Å²) in [6, 6.07) is 12.0. The predicted molar refractivity (Wildman–Crippen MR) is 102 cm³/mol. The maximum Gasteiger partial charge on any atom is 0.256 e. The van der Waals surface area contributed by atoms with Crippen LogP contribution >= 0.6 is 0 Å². The predicted octanol–water partition coefficient (Wildman–Crippen LogP) is 3.03. The van der Waals surface area contributed by atoms with Gasteiger partial charge in [-0.2, -0.15) is 0 Å². The van der Waals surface area contributed by atoms with Crippen LogP contribution in [0.2, 0.25) is 0 Å². The zero-order valence-corrected chi connectivity index (χ0v) is 15.1. The largest absolute Gasteiger partial charge is 0.329 e. The number of rotatable bonds is 2. The lowest BCUT2D eigenvalue weighted by Gasteiger charge is -2.36. The van der Waals surface area contributed by atoms with Crippen molar-refractivity contribution in [1.82, 2.24) is 20.2 Å². The molecule has 0 saturated carbocycles. The third-order valence-corrected chi connectivity index (χ3v) is 4.96. The summed E-state index contributed by atoms with van der Waals surface area (Å²) in [6.45, 7) is 6.16. The Morgan fingerprint density at radius 1 is 1.23 bits per heavy atom. The monoisotopic (exact) mass is 346 g/mol. The van der Waals surface area contributed by atoms with Crippen molar-refractivity contribution in [3.63, 3.8) is 0 Å². The van der Waals surface area contributed by atoms with Crippen LogP contribution in [0.3, 0.4) is 0 Å². The van der Waals surface area contributed by atoms with E-state index in [0.29, 0.717) is 12.1 Å². The Kier molecular flexibility index (Phi) is 4.39. The molecule has 1 unspecified atom stereocenters. The quantitative estimate of drug-likeness (QED) is 0.775. The molecule has 1 atom stereocenters. The number of hydrogen-bond acceptors (Lipinski definition) is 4. The molecule has 1 fully saturated rings. The number of nitrogens with one attached hydrogen (secondary N) is 1. The summed E-state index contributed by atoms with van der Waals surface area (Å²) in [5.41, 5.74) is 4.59. The van der Waals surface area contributed by atoms with Gasteiger partial charge in [-0.05, 0) is 43.7 Å². The molecule has 4 rings (SSSR count). The Balaban J connectivity index is 1.73. The molecule has 0 bridgehead atoms. The molecule has 3 heterocycles. The van der Waals surface area contributed by atoms with Crippen molar-refractivity contribution in [2.75, 3.05) is 19.6 Å². The van der Waals surface area contributed by atoms with Gasteiger partial charge in [0, 0.05) is 37.4 Å². The topological polar surface area (TPSA) is 58.1 Å². The van der Waals surface area contributed by atoms with Gasteiger partial charge < -0.3 is 10.2 Å². The Labute approximate surface area is 153 Å². The molecule has 0 spiro atoms. The van der Waals surface area contributed by atoms with Crippen LogP contribution in [-0.2, 0) is 0 Å². The molecule has 1 saturated heterocycles. The Morgan fingerprint density at radius 2 is 2.12 bits per heavy atom. The summed E-state index contributed by atoms with van der Waals surface area (Å²) in [5.74, 6) is 0.0359. The number of benzene rings is 1. The lowest BCUT2D eigenvalue weighted by molar-refractivity contribution is 0.0633. The zero-order chi connectivity index (χ0) is 18.1. The highest BCUT2D eigenvalue weighted by Gasteiger charge is 2.29. The molecule has 5 heteroatoms. The first-order valence-corrected chi connectivity index (χ1v) is 8.93. The summed E-state index contributed by atoms with van der Waals surface area (Å²) < 4.78 is 0. The first-order valence-electron chi connectivity index (χ1n) is 8.93. The van der Waals surface area contributed by atoms with Crippen LogP contribution in [0, 0.1) is 13.8 Å². The van der Waals surface area contributed by atoms with E-state index in [0.717, 1.165) is 40.8 Å². The minimum Gasteiger partial charge on any atom is -0.329 e. The van der Waals surface area contributed by atoms with Gasteiger partial charge in [-0.1, -0.05) is 17.7 Å². The number of fused-ring (bicyclic) bond motifs is 1. The maximum absolute atomic E-state index is 13.4. The molecule has 1 aliphatic heterocycles. The van der Waals surface area contributed by atoms with Crippen molar-refractivity contribution in [3.8, 4) is 0 Å². The van der Waals surface area contributed by atoms with Crippen molar-refractivity contribution < 1.29 is 4.79 Å². The van der Waals surface area contributed by atoms with Gasteiger partial charge in [0.25, 0.3) is 5.91 Å². The van der Waals surface area contributed by atoms with Crippen LogP contribution in [-0.4, -0.2) is 40.4 Å². The highest BCUT2D eigenvalue weighted by molar-refractivity contribution is 5.99. The number of hydrogen-bond donors (Lipinski definition) is 1. The zero-order valence-electron chi connectivity index (χ0n) is 15.1. The van der Waals surface area contributed by atoms with Crippen LogP contribution in [0.4, 0.5) is 0 Å². The normalized spacial score (nSPS) is 17.5. The minimum absolute atomic E-state index is 0.0162. The highest BCUT2D eigenvalue weighted by Crippen LogP contribution is 2.26. The van der Waals surface area contributed by atoms with Crippen molar-refractivity contribution in [3.05, 3.63) is 71.2 Å². The molecule has 2 aromatic heterocycles. The van der Waals surface area contributed by atoms with Crippen molar-refractivity contribution in [2.45, 2.75) is 19.9 Å². The minimum atomic E-state index is -0.0162. The summed E-state index contributed by atoms with van der Waals surface area (Å²) >= 11 is 0. The van der Waals surface area contributed by atoms with E-state index in [1.165, 1.54) is 0 Å². The lowest BCUT2D eigenvalue weighted by Crippen LogP contribution is -2.48. The van der Waals surface area contributed by atoms with Gasteiger partial charge in [0.2, 0.25) is 0 Å². The van der Waals surface area contributed by atoms with Crippen LogP contribution in [0.1, 0.15) is 33.2 Å². The number of nitrogens with zero attached hydrogens (tertiary/aromatic N) is 3. The average molecular weight is 346 g/mol. The molecule has 26 heavy (non-hydrogen) atoms. The molecule has 1 N–H and O–H groups in total. The van der Waals surface area contributed by atoms with Crippen molar-refractivity contribution in [2.24, 2.45) is 0 Å². The van der Waals surface area contributed by atoms with E-state index >= 15 is 0 Å². The van der Waals surface area contributed by atoms with Crippen LogP contribution < -0.4 is 5.32 Å². The summed E-state index contributed by atoms with van der Waals surface area (Å²) in [5, 5.41) is 4.39. The fourth-order valence-electron chi connectivity index (χ4n) is 3.58. The molecule has 0 radical (unpaired) electrons. The van der Waals surface area contributed by atoms with Crippen LogP contribution in [0.25, 0.3) is 10.9 Å². The van der Waals surface area contributed by atoms with Gasteiger partial charge in [0.05, 0.1) is 22.8 Å². The first kappa shape index (κ1) is 16.7. The average Bonchev–Trinajstić information content (AvgIpc) is 2.68. The van der Waals surface area contributed by atoms with Gasteiger partial charge >= 0.3 is 0 Å². The van der Waals surface area contributed by atoms with Gasteiger partial charge in [-0.3, -0.25) is 14.8 Å². The maximum atomic E-state index is 13.4. The fraction of sp³-hybridized carbons (Fsp3) is 0.286. The Bertz CT molecular complexity index is 955. The third kappa shape index (κ3) is 3.06. The highest BCUT2D eigenvalue weighted by atomic mass is 16.2. The van der Waals surface area contributed by atoms with E-state index in [4.69, 9.17) is 0 Å². The number of carbonyl (C=O) groups excluding carboxylic acids is 1. The second-order valence-electron chi connectivity index (χ2n) is 6.82. The standard InChI is InChI=1S/C21H22N4O/c1-14-5-6-19-17(10-14)11-18(15(2)24-19)21(26)25-9-8-23-13-20(25)16-4-3-7-22-12-16/h3-7,10-12,20,23H,8-9,13H2,1-2H3. The summed E-state index contributed by atoms with van der Waals surface area (Å²) in [7, 11) is 0. The van der Waals surface area contributed by atoms with E-state index in [1.807, 2.05) is 48.4 Å². The van der Waals surface area contributed by atoms with Gasteiger partial charge in [-0.25, -0.2) is 0 Å². The van der Waals surface area contributed by atoms with E-state index in [2.05, 4.69) is 28.3 Å². The molecule has 132 valence electrons. The van der Waals surface area contributed by atoms with E-state index < -0.39 is 0 Å². The number of aryl methyl sites for hydroxylation is 2. The lowest BCUT2D eigenvalue weighted by atomic mass is 10.0. The molecular weight excluding hydrogens is 324 g/mol. The number of carbonyl (C=O) groups is 1. The molecular formula is C21H22N4O. The molecule has 5 nitrogen and oxygen atoms in total. The second kappa shape index (κ2) is 6.84. The number of aromatic nitrogens is 2. The summed E-state index contributed by atoms with van der Waals surface area (Å²) in [4.78, 5) is 24.2. The molecule has 1 amide bonds. The fourth-order valence-corrected chi connectivity index (χ4v) is 3.58. The number of pyridine rings is 2. The van der Waals surface area contributed by atoms with Crippen LogP contribution in [0.15, 0.2) is 48.8 Å². The SMILES string of the molecule is Cc1ccc2nc(C)c(C(=O)N3CCNCC3c3cccnc3)cc2c1. The Hall–Kier alpha value is -2.79. The van der Waals surface area contributed by atoms with E-state index in [-0.39, 0.29) is 11.9 Å². The van der Waals surface area contributed by atoms with Gasteiger partial charge in [-0.15, -0.1) is 0 Å². The first-order chi connectivity index (χ1) is 12.6. The smallest absolute Gasteiger partial charge is 0.256 e.